The molecule has 0 amide bonds. The van der Waals surface area contributed by atoms with Crippen molar-refractivity contribution in [2.45, 2.75) is 4.90 Å². The molecule has 4 heteroatoms. The molecule has 0 saturated carbocycles. The van der Waals surface area contributed by atoms with Crippen LogP contribution in [-0.2, 0) is 0 Å². The summed E-state index contributed by atoms with van der Waals surface area (Å²) in [6, 6.07) is 15.6. The second kappa shape index (κ2) is 8.02. The van der Waals surface area contributed by atoms with Gasteiger partial charge < -0.3 is 5.73 Å². The molecule has 2 aromatic rings. The summed E-state index contributed by atoms with van der Waals surface area (Å²) in [5.41, 5.74) is 5.68. The molecule has 16 heavy (non-hydrogen) atoms. The molecule has 2 N–H and O–H groups in total. The molecule has 86 valence electrons. The first kappa shape index (κ1) is 14.8. The third kappa shape index (κ3) is 6.32. The van der Waals surface area contributed by atoms with Gasteiger partial charge in [0.15, 0.2) is 0 Å². The van der Waals surface area contributed by atoms with E-state index in [0.717, 1.165) is 4.90 Å². The Morgan fingerprint density at radius 3 is 1.88 bits per heavy atom. The molecule has 0 aliphatic heterocycles. The largest absolute Gasteiger partial charge is 0.399 e. The summed E-state index contributed by atoms with van der Waals surface area (Å²) in [5, 5.41) is 0. The van der Waals surface area contributed by atoms with E-state index in [1.54, 1.807) is 12.1 Å². The monoisotopic (exact) mass is 257 g/mol. The van der Waals surface area contributed by atoms with Crippen LogP contribution in [0.2, 0.25) is 0 Å². The number of anilines is 1. The fourth-order valence-corrected chi connectivity index (χ4v) is 1.11. The summed E-state index contributed by atoms with van der Waals surface area (Å²) in [6.07, 6.45) is 0. The van der Waals surface area contributed by atoms with Gasteiger partial charge in [-0.15, -0.1) is 25.0 Å². The summed E-state index contributed by atoms with van der Waals surface area (Å²) in [5.74, 6) is -0.287. The van der Waals surface area contributed by atoms with Gasteiger partial charge in [0, 0.05) is 10.6 Å². The average molecular weight is 258 g/mol. The molecule has 0 saturated heterocycles. The number of hydrogen-bond acceptors (Lipinski definition) is 2. The topological polar surface area (TPSA) is 26.0 Å². The number of hydrogen-bond donors (Lipinski definition) is 2. The maximum Gasteiger partial charge on any atom is 0.125 e. The average Bonchev–Trinajstić information content (AvgIpc) is 2.19. The van der Waals surface area contributed by atoms with E-state index in [4.69, 9.17) is 5.73 Å². The van der Waals surface area contributed by atoms with Crippen molar-refractivity contribution in [2.24, 2.45) is 0 Å². The molecule has 0 fully saturated rings. The number of rotatable bonds is 0. The van der Waals surface area contributed by atoms with E-state index in [1.165, 1.54) is 12.1 Å². The number of benzene rings is 2. The first-order valence-electron chi connectivity index (χ1n) is 4.43. The van der Waals surface area contributed by atoms with Crippen LogP contribution in [-0.4, -0.2) is 0 Å². The Bertz CT molecular complexity index is 392. The Morgan fingerprint density at radius 2 is 1.56 bits per heavy atom. The Kier molecular flexibility index (Phi) is 7.42. The van der Waals surface area contributed by atoms with Gasteiger partial charge in [-0.2, -0.15) is 0 Å². The van der Waals surface area contributed by atoms with Crippen LogP contribution in [0.4, 0.5) is 10.1 Å². The summed E-state index contributed by atoms with van der Waals surface area (Å²) >= 11 is 4.08. The number of halogens is 2. The van der Waals surface area contributed by atoms with Crippen molar-refractivity contribution in [1.29, 1.82) is 0 Å². The second-order valence-corrected chi connectivity index (χ2v) is 3.41. The SMILES string of the molecule is Cl.Nc1cccc(F)c1.Sc1ccccc1. The first-order chi connectivity index (χ1) is 7.18. The van der Waals surface area contributed by atoms with E-state index in [9.17, 15) is 4.39 Å². The highest BCUT2D eigenvalue weighted by molar-refractivity contribution is 7.80. The summed E-state index contributed by atoms with van der Waals surface area (Å²) < 4.78 is 12.1. The van der Waals surface area contributed by atoms with Crippen LogP contribution in [0.1, 0.15) is 0 Å². The molecular formula is C12H13ClFNS. The number of thiol groups is 1. The van der Waals surface area contributed by atoms with Crippen molar-refractivity contribution in [1.82, 2.24) is 0 Å². The van der Waals surface area contributed by atoms with Crippen molar-refractivity contribution in [3.05, 3.63) is 60.4 Å². The molecule has 0 aliphatic carbocycles. The fraction of sp³-hybridized carbons (Fsp3) is 0. The molecule has 0 radical (unpaired) electrons. The molecule has 0 aliphatic rings. The highest BCUT2D eigenvalue weighted by atomic mass is 35.5. The van der Waals surface area contributed by atoms with E-state index in [1.807, 2.05) is 30.3 Å². The quantitative estimate of drug-likeness (QED) is 0.545. The van der Waals surface area contributed by atoms with E-state index in [-0.39, 0.29) is 18.2 Å². The van der Waals surface area contributed by atoms with Crippen molar-refractivity contribution in [3.63, 3.8) is 0 Å². The minimum absolute atomic E-state index is 0. The van der Waals surface area contributed by atoms with Crippen molar-refractivity contribution >= 4 is 30.7 Å². The Morgan fingerprint density at radius 1 is 0.938 bits per heavy atom. The zero-order valence-electron chi connectivity index (χ0n) is 8.51. The normalized spacial score (nSPS) is 8.38. The van der Waals surface area contributed by atoms with Gasteiger partial charge >= 0.3 is 0 Å². The molecule has 0 atom stereocenters. The van der Waals surface area contributed by atoms with Crippen LogP contribution in [0.3, 0.4) is 0 Å². The predicted octanol–water partition coefficient (Wildman–Crippen LogP) is 3.81. The third-order valence-electron chi connectivity index (χ3n) is 1.60. The highest BCUT2D eigenvalue weighted by Gasteiger charge is 1.85. The zero-order chi connectivity index (χ0) is 11.1. The lowest BCUT2D eigenvalue weighted by molar-refractivity contribution is 0.628. The van der Waals surface area contributed by atoms with Gasteiger partial charge in [-0.3, -0.25) is 0 Å². The summed E-state index contributed by atoms with van der Waals surface area (Å²) in [7, 11) is 0. The zero-order valence-corrected chi connectivity index (χ0v) is 10.2. The maximum absolute atomic E-state index is 12.1. The van der Waals surface area contributed by atoms with Gasteiger partial charge in [-0.05, 0) is 30.3 Å². The smallest absolute Gasteiger partial charge is 0.125 e. The van der Waals surface area contributed by atoms with Crippen molar-refractivity contribution < 1.29 is 4.39 Å². The Balaban J connectivity index is 0.000000267. The van der Waals surface area contributed by atoms with Crippen LogP contribution in [0.5, 0.6) is 0 Å². The van der Waals surface area contributed by atoms with Gasteiger partial charge in [0.05, 0.1) is 0 Å². The van der Waals surface area contributed by atoms with Gasteiger partial charge in [0.2, 0.25) is 0 Å². The summed E-state index contributed by atoms with van der Waals surface area (Å²) in [4.78, 5) is 1.02. The predicted molar refractivity (Wildman–Crippen MR) is 71.8 cm³/mol. The van der Waals surface area contributed by atoms with E-state index >= 15 is 0 Å². The Hall–Kier alpha value is -1.19. The number of nitrogens with two attached hydrogens (primary N) is 1. The molecule has 0 aromatic heterocycles. The van der Waals surface area contributed by atoms with Gasteiger partial charge in [0.1, 0.15) is 5.82 Å². The van der Waals surface area contributed by atoms with Gasteiger partial charge in [0.25, 0.3) is 0 Å². The molecule has 2 rings (SSSR count). The lowest BCUT2D eigenvalue weighted by atomic mass is 10.3. The standard InChI is InChI=1S/C6H6FN.C6H6S.ClH/c7-5-2-1-3-6(8)4-5;7-6-4-2-1-3-5-6;/h1-4H,8H2;1-5,7H;1H. The maximum atomic E-state index is 12.1. The molecule has 0 heterocycles. The molecule has 0 unspecified atom stereocenters. The van der Waals surface area contributed by atoms with E-state index < -0.39 is 0 Å². The third-order valence-corrected chi connectivity index (χ3v) is 1.90. The van der Waals surface area contributed by atoms with Crippen LogP contribution >= 0.6 is 25.0 Å². The van der Waals surface area contributed by atoms with Crippen molar-refractivity contribution in [2.75, 3.05) is 5.73 Å². The van der Waals surface area contributed by atoms with Crippen LogP contribution < -0.4 is 5.73 Å². The van der Waals surface area contributed by atoms with Crippen LogP contribution in [0, 0.1) is 5.82 Å². The molecular weight excluding hydrogens is 245 g/mol. The lowest BCUT2D eigenvalue weighted by Gasteiger charge is -1.88. The van der Waals surface area contributed by atoms with Gasteiger partial charge in [-0.1, -0.05) is 24.3 Å². The van der Waals surface area contributed by atoms with E-state index in [2.05, 4.69) is 12.6 Å². The fourth-order valence-electron chi connectivity index (χ4n) is 0.935. The molecule has 0 spiro atoms. The first-order valence-corrected chi connectivity index (χ1v) is 4.88. The minimum atomic E-state index is -0.287. The molecule has 0 bridgehead atoms. The lowest BCUT2D eigenvalue weighted by Crippen LogP contribution is -1.83. The summed E-state index contributed by atoms with van der Waals surface area (Å²) in [6.45, 7) is 0. The Labute approximate surface area is 106 Å². The second-order valence-electron chi connectivity index (χ2n) is 2.89. The molecule has 2 aromatic carbocycles. The molecule has 1 nitrogen and oxygen atoms in total. The minimum Gasteiger partial charge on any atom is -0.399 e. The van der Waals surface area contributed by atoms with Crippen LogP contribution in [0.25, 0.3) is 0 Å². The van der Waals surface area contributed by atoms with Crippen LogP contribution in [0.15, 0.2) is 59.5 Å². The van der Waals surface area contributed by atoms with Gasteiger partial charge in [-0.25, -0.2) is 4.39 Å². The van der Waals surface area contributed by atoms with E-state index in [0.29, 0.717) is 5.69 Å². The van der Waals surface area contributed by atoms with Crippen molar-refractivity contribution in [3.8, 4) is 0 Å². The highest BCUT2D eigenvalue weighted by Crippen LogP contribution is 2.02. The number of nitrogen functional groups attached to an aromatic ring is 1.